The molecule has 1 aliphatic rings. The van der Waals surface area contributed by atoms with E-state index in [1.807, 2.05) is 0 Å². The summed E-state index contributed by atoms with van der Waals surface area (Å²) in [6.07, 6.45) is 0. The lowest BCUT2D eigenvalue weighted by Crippen LogP contribution is -2.58. The van der Waals surface area contributed by atoms with Gasteiger partial charge in [-0.3, -0.25) is 0 Å². The Kier molecular flexibility index (Phi) is 5.80. The van der Waals surface area contributed by atoms with Crippen LogP contribution in [0.3, 0.4) is 0 Å². The van der Waals surface area contributed by atoms with E-state index in [1.165, 1.54) is 0 Å². The molecule has 0 aromatic heterocycles. The zero-order valence-electron chi connectivity index (χ0n) is 6.66. The molecule has 1 heterocycles. The molecule has 4 nitrogen and oxygen atoms in total. The Morgan fingerprint density at radius 2 is 0.500 bits per heavy atom. The van der Waals surface area contributed by atoms with Crippen molar-refractivity contribution in [3.8, 4) is 0 Å². The van der Waals surface area contributed by atoms with Gasteiger partial charge in [-0.2, -0.15) is 0 Å². The molecule has 0 aliphatic carbocycles. The largest absolute Gasteiger partial charge is 0.536 e. The van der Waals surface area contributed by atoms with Gasteiger partial charge in [-0.05, 0) is 0 Å². The first-order valence-electron chi connectivity index (χ1n) is 3.14. The minimum atomic E-state index is -3.81. The Bertz CT molecular complexity index is 205. The molecule has 0 unspecified atom stereocenters. The first kappa shape index (κ1) is 17.1. The molecule has 16 heavy (non-hydrogen) atoms. The summed E-state index contributed by atoms with van der Waals surface area (Å²) in [7, 11) is -15.2. The van der Waals surface area contributed by atoms with Gasteiger partial charge in [-0.25, -0.2) is 0 Å². The summed E-state index contributed by atoms with van der Waals surface area (Å²) in [5, 5.41) is 0. The average molecular weight is 460 g/mol. The standard InChI is InChI=1S/Cl8O4Si4/c1-13(2)9-14(3,4)11-16(7,8)12-15(5,6)10-13. The van der Waals surface area contributed by atoms with Crippen LogP contribution in [0.15, 0.2) is 0 Å². The molecule has 96 valence electrons. The summed E-state index contributed by atoms with van der Waals surface area (Å²) in [6, 6.07) is 0. The number of rotatable bonds is 0. The second-order valence-corrected chi connectivity index (χ2v) is 23.5. The van der Waals surface area contributed by atoms with Gasteiger partial charge in [-0.15, -0.1) is 0 Å². The lowest BCUT2D eigenvalue weighted by molar-refractivity contribution is 0.302. The maximum Gasteiger partial charge on any atom is 0.536 e. The number of hydrogen-bond donors (Lipinski definition) is 0. The molecular formula is Cl8O4Si4. The van der Waals surface area contributed by atoms with E-state index in [9.17, 15) is 0 Å². The van der Waals surface area contributed by atoms with Crippen LogP contribution in [0.25, 0.3) is 0 Å². The molecule has 0 aromatic carbocycles. The lowest BCUT2D eigenvalue weighted by atomic mass is 15.7. The minimum absolute atomic E-state index is 3.81. The van der Waals surface area contributed by atoms with Gasteiger partial charge in [0, 0.05) is 0 Å². The molecule has 0 aromatic rings. The second-order valence-electron chi connectivity index (χ2n) is 2.26. The van der Waals surface area contributed by atoms with Gasteiger partial charge in [0.25, 0.3) is 0 Å². The third-order valence-electron chi connectivity index (χ3n) is 0.951. The fraction of sp³-hybridized carbons (Fsp3) is 0. The predicted molar refractivity (Wildman–Crippen MR) is 74.2 cm³/mol. The molecular weight excluding hydrogens is 460 g/mol. The highest BCUT2D eigenvalue weighted by Gasteiger charge is 2.63. The van der Waals surface area contributed by atoms with E-state index in [-0.39, 0.29) is 0 Å². The highest BCUT2D eigenvalue weighted by atomic mass is 35.7. The van der Waals surface area contributed by atoms with Gasteiger partial charge in [0.1, 0.15) is 0 Å². The maximum absolute atomic E-state index is 5.67. The molecule has 0 N–H and O–H groups in total. The van der Waals surface area contributed by atoms with Crippen molar-refractivity contribution >= 4 is 117 Å². The zero-order valence-corrected chi connectivity index (χ0v) is 16.7. The van der Waals surface area contributed by atoms with Crippen molar-refractivity contribution in [2.24, 2.45) is 0 Å². The van der Waals surface area contributed by atoms with Gasteiger partial charge in [0.2, 0.25) is 0 Å². The van der Waals surface area contributed by atoms with Gasteiger partial charge in [-0.1, -0.05) is 88.6 Å². The van der Waals surface area contributed by atoms with Crippen LogP contribution in [-0.4, -0.2) is 28.7 Å². The molecule has 1 rings (SSSR count). The van der Waals surface area contributed by atoms with Gasteiger partial charge in [0.05, 0.1) is 0 Å². The Labute approximate surface area is 132 Å². The van der Waals surface area contributed by atoms with Gasteiger partial charge < -0.3 is 16.5 Å². The summed E-state index contributed by atoms with van der Waals surface area (Å²) in [5.74, 6) is 0. The van der Waals surface area contributed by atoms with Crippen LogP contribution < -0.4 is 0 Å². The zero-order chi connectivity index (χ0) is 12.8. The Morgan fingerprint density at radius 3 is 0.625 bits per heavy atom. The number of hydrogen-bond acceptors (Lipinski definition) is 4. The van der Waals surface area contributed by atoms with Crippen molar-refractivity contribution in [3.63, 3.8) is 0 Å². The van der Waals surface area contributed by atoms with E-state index >= 15 is 0 Å². The first-order chi connectivity index (χ1) is 6.83. The van der Waals surface area contributed by atoms with Gasteiger partial charge in [0.15, 0.2) is 0 Å². The van der Waals surface area contributed by atoms with E-state index in [0.29, 0.717) is 0 Å². The third-order valence-corrected chi connectivity index (χ3v) is 19.7. The van der Waals surface area contributed by atoms with Crippen LogP contribution in [0.1, 0.15) is 0 Å². The molecule has 0 bridgehead atoms. The summed E-state index contributed by atoms with van der Waals surface area (Å²) >= 11 is 45.4. The summed E-state index contributed by atoms with van der Waals surface area (Å²) < 4.78 is 19.5. The van der Waals surface area contributed by atoms with Crippen molar-refractivity contribution in [2.45, 2.75) is 0 Å². The van der Waals surface area contributed by atoms with Crippen LogP contribution in [0.2, 0.25) is 0 Å². The van der Waals surface area contributed by atoms with Gasteiger partial charge >= 0.3 is 28.7 Å². The Morgan fingerprint density at radius 1 is 0.375 bits per heavy atom. The Hall–Kier alpha value is 3.03. The minimum Gasteiger partial charge on any atom is -0.368 e. The fourth-order valence-electron chi connectivity index (χ4n) is 0.637. The van der Waals surface area contributed by atoms with Crippen molar-refractivity contribution in [1.29, 1.82) is 0 Å². The molecule has 16 heteroatoms. The van der Waals surface area contributed by atoms with Crippen molar-refractivity contribution in [1.82, 2.24) is 0 Å². The second kappa shape index (κ2) is 5.43. The SMILES string of the molecule is Cl[Si]1(Cl)O[Si](Cl)(Cl)O[Si](Cl)(Cl)O[Si](Cl)(Cl)O1. The number of halogens is 8. The van der Waals surface area contributed by atoms with E-state index in [4.69, 9.17) is 105 Å². The van der Waals surface area contributed by atoms with Crippen molar-refractivity contribution in [2.75, 3.05) is 0 Å². The van der Waals surface area contributed by atoms with Crippen LogP contribution in [-0.2, 0) is 16.5 Å². The summed E-state index contributed by atoms with van der Waals surface area (Å²) in [5.41, 5.74) is 0. The van der Waals surface area contributed by atoms with E-state index in [1.54, 1.807) is 0 Å². The van der Waals surface area contributed by atoms with Crippen LogP contribution in [0, 0.1) is 0 Å². The van der Waals surface area contributed by atoms with E-state index in [0.717, 1.165) is 0 Å². The highest BCUT2D eigenvalue weighted by molar-refractivity contribution is 7.56. The monoisotopic (exact) mass is 456 g/mol. The maximum atomic E-state index is 5.67. The van der Waals surface area contributed by atoms with Crippen molar-refractivity contribution < 1.29 is 16.5 Å². The van der Waals surface area contributed by atoms with E-state index in [2.05, 4.69) is 0 Å². The third kappa shape index (κ3) is 5.99. The Balaban J connectivity index is 2.98. The molecule has 0 saturated carbocycles. The molecule has 1 fully saturated rings. The van der Waals surface area contributed by atoms with E-state index < -0.39 is 28.7 Å². The molecule has 1 aliphatic heterocycles. The predicted octanol–water partition coefficient (Wildman–Crippen LogP) is 3.72. The summed E-state index contributed by atoms with van der Waals surface area (Å²) in [6.45, 7) is 0. The van der Waals surface area contributed by atoms with Crippen LogP contribution in [0.5, 0.6) is 0 Å². The highest BCUT2D eigenvalue weighted by Crippen LogP contribution is 2.42. The smallest absolute Gasteiger partial charge is 0.368 e. The first-order valence-corrected chi connectivity index (χ1v) is 18.5. The summed E-state index contributed by atoms with van der Waals surface area (Å²) in [4.78, 5) is 0. The average Bonchev–Trinajstić information content (AvgIpc) is 1.67. The van der Waals surface area contributed by atoms with Crippen LogP contribution >= 0.6 is 88.6 Å². The topological polar surface area (TPSA) is 36.9 Å². The molecule has 1 saturated heterocycles. The normalized spacial score (nSPS) is 31.5. The quantitative estimate of drug-likeness (QED) is 0.408. The molecule has 0 amide bonds. The molecule has 0 radical (unpaired) electrons. The van der Waals surface area contributed by atoms with Crippen LogP contribution in [0.4, 0.5) is 0 Å². The fourth-order valence-corrected chi connectivity index (χ4v) is 28.6. The molecule has 0 atom stereocenters. The lowest BCUT2D eigenvalue weighted by Gasteiger charge is -2.35. The van der Waals surface area contributed by atoms with Crippen molar-refractivity contribution in [3.05, 3.63) is 0 Å². The molecule has 0 spiro atoms.